The summed E-state index contributed by atoms with van der Waals surface area (Å²) >= 11 is 0. The lowest BCUT2D eigenvalue weighted by Gasteiger charge is -1.99. The summed E-state index contributed by atoms with van der Waals surface area (Å²) in [5.74, 6) is 0. The molecule has 0 aliphatic carbocycles. The molecular formula is C16H35NO. The predicted molar refractivity (Wildman–Crippen MR) is 81.2 cm³/mol. The third kappa shape index (κ3) is 15.9. The minimum atomic E-state index is 0.654. The molecule has 0 radical (unpaired) electrons. The fraction of sp³-hybridized carbons (Fsp3) is 1.00. The maximum atomic E-state index is 5.09. The van der Waals surface area contributed by atoms with Gasteiger partial charge in [-0.05, 0) is 32.4 Å². The van der Waals surface area contributed by atoms with Crippen molar-refractivity contribution in [3.63, 3.8) is 0 Å². The lowest BCUT2D eigenvalue weighted by Crippen LogP contribution is -2.15. The summed E-state index contributed by atoms with van der Waals surface area (Å²) in [6.07, 6.45) is 12.7. The summed E-state index contributed by atoms with van der Waals surface area (Å²) in [5, 5.41) is 3.39. The van der Waals surface area contributed by atoms with Gasteiger partial charge in [0.25, 0.3) is 0 Å². The van der Waals surface area contributed by atoms with E-state index in [9.17, 15) is 0 Å². The lowest BCUT2D eigenvalue weighted by atomic mass is 10.1. The highest BCUT2D eigenvalue weighted by Crippen LogP contribution is 2.17. The SMILES string of the molecule is CCCCCCC1CO1.CCCCNCCCC. The summed E-state index contributed by atoms with van der Waals surface area (Å²) < 4.78 is 5.09. The Balaban J connectivity index is 0.000000321. The summed E-state index contributed by atoms with van der Waals surface area (Å²) in [5.41, 5.74) is 0. The van der Waals surface area contributed by atoms with E-state index >= 15 is 0 Å². The van der Waals surface area contributed by atoms with Crippen LogP contribution in [-0.4, -0.2) is 25.8 Å². The van der Waals surface area contributed by atoms with E-state index in [2.05, 4.69) is 26.1 Å². The lowest BCUT2D eigenvalue weighted by molar-refractivity contribution is 0.388. The molecule has 1 unspecified atom stereocenters. The van der Waals surface area contributed by atoms with Crippen LogP contribution in [0.15, 0.2) is 0 Å². The van der Waals surface area contributed by atoms with Gasteiger partial charge in [-0.25, -0.2) is 0 Å². The summed E-state index contributed by atoms with van der Waals surface area (Å²) in [4.78, 5) is 0. The molecule has 1 rings (SSSR count). The Morgan fingerprint density at radius 3 is 1.83 bits per heavy atom. The highest BCUT2D eigenvalue weighted by atomic mass is 16.6. The Hall–Kier alpha value is -0.0800. The zero-order valence-corrected chi connectivity index (χ0v) is 13.0. The number of hydrogen-bond donors (Lipinski definition) is 1. The number of nitrogens with one attached hydrogen (secondary N) is 1. The van der Waals surface area contributed by atoms with E-state index in [4.69, 9.17) is 4.74 Å². The molecule has 0 saturated carbocycles. The average Bonchev–Trinajstić information content (AvgIpc) is 3.20. The zero-order valence-electron chi connectivity index (χ0n) is 13.0. The number of epoxide rings is 1. The minimum absolute atomic E-state index is 0.654. The predicted octanol–water partition coefficient (Wildman–Crippen LogP) is 4.53. The molecule has 0 aromatic carbocycles. The smallest absolute Gasteiger partial charge is 0.0810 e. The molecule has 1 fully saturated rings. The van der Waals surface area contributed by atoms with Crippen molar-refractivity contribution >= 4 is 0 Å². The molecule has 0 aromatic rings. The number of rotatable bonds is 11. The van der Waals surface area contributed by atoms with Crippen molar-refractivity contribution in [1.29, 1.82) is 0 Å². The first-order valence-electron chi connectivity index (χ1n) is 8.17. The van der Waals surface area contributed by atoms with E-state index < -0.39 is 0 Å². The van der Waals surface area contributed by atoms with Crippen LogP contribution in [0.1, 0.15) is 78.6 Å². The molecule has 2 heteroatoms. The quantitative estimate of drug-likeness (QED) is 0.434. The molecule has 18 heavy (non-hydrogen) atoms. The minimum Gasteiger partial charge on any atom is -0.373 e. The normalized spacial score (nSPS) is 17.2. The van der Waals surface area contributed by atoms with E-state index in [1.807, 2.05) is 0 Å². The Morgan fingerprint density at radius 2 is 1.39 bits per heavy atom. The number of unbranched alkanes of at least 4 members (excludes halogenated alkanes) is 5. The Labute approximate surface area is 115 Å². The Morgan fingerprint density at radius 1 is 0.833 bits per heavy atom. The second kappa shape index (κ2) is 15.0. The first-order valence-corrected chi connectivity index (χ1v) is 8.17. The molecule has 0 aromatic heterocycles. The summed E-state index contributed by atoms with van der Waals surface area (Å²) in [6.45, 7) is 10.1. The molecule has 0 spiro atoms. The van der Waals surface area contributed by atoms with Crippen LogP contribution in [-0.2, 0) is 4.74 Å². The molecule has 1 heterocycles. The number of hydrogen-bond acceptors (Lipinski definition) is 2. The summed E-state index contributed by atoms with van der Waals surface area (Å²) in [7, 11) is 0. The van der Waals surface area contributed by atoms with Crippen molar-refractivity contribution in [2.45, 2.75) is 84.7 Å². The zero-order chi connectivity index (χ0) is 13.5. The van der Waals surface area contributed by atoms with Crippen LogP contribution in [0, 0.1) is 0 Å². The largest absolute Gasteiger partial charge is 0.373 e. The van der Waals surface area contributed by atoms with E-state index in [0.29, 0.717) is 6.10 Å². The fourth-order valence-electron chi connectivity index (χ4n) is 1.76. The highest BCUT2D eigenvalue weighted by molar-refractivity contribution is 4.67. The molecule has 1 saturated heterocycles. The maximum Gasteiger partial charge on any atom is 0.0810 e. The average molecular weight is 257 g/mol. The highest BCUT2D eigenvalue weighted by Gasteiger charge is 2.20. The van der Waals surface area contributed by atoms with Crippen LogP contribution < -0.4 is 5.32 Å². The first-order chi connectivity index (χ1) is 8.85. The third-order valence-electron chi connectivity index (χ3n) is 3.20. The molecule has 0 bridgehead atoms. The van der Waals surface area contributed by atoms with Crippen LogP contribution in [0.25, 0.3) is 0 Å². The van der Waals surface area contributed by atoms with Gasteiger partial charge in [-0.3, -0.25) is 0 Å². The van der Waals surface area contributed by atoms with Gasteiger partial charge in [0.05, 0.1) is 12.7 Å². The topological polar surface area (TPSA) is 24.6 Å². The van der Waals surface area contributed by atoms with Crippen molar-refractivity contribution in [3.8, 4) is 0 Å². The van der Waals surface area contributed by atoms with Crippen LogP contribution in [0.4, 0.5) is 0 Å². The van der Waals surface area contributed by atoms with E-state index in [0.717, 1.165) is 6.61 Å². The van der Waals surface area contributed by atoms with Crippen molar-refractivity contribution < 1.29 is 4.74 Å². The molecule has 1 atom stereocenters. The van der Waals surface area contributed by atoms with Crippen molar-refractivity contribution in [2.75, 3.05) is 19.7 Å². The molecule has 1 aliphatic heterocycles. The standard InChI is InChI=1S/C8H19N.C8H16O/c1-3-5-7-9-8-6-4-2;1-2-3-4-5-6-8-7-9-8/h9H,3-8H2,1-2H3;8H,2-7H2,1H3. The van der Waals surface area contributed by atoms with Gasteiger partial charge in [0.1, 0.15) is 0 Å². The Bertz CT molecular complexity index is 140. The van der Waals surface area contributed by atoms with Crippen LogP contribution >= 0.6 is 0 Å². The van der Waals surface area contributed by atoms with Crippen LogP contribution in [0.3, 0.4) is 0 Å². The van der Waals surface area contributed by atoms with Gasteiger partial charge in [-0.15, -0.1) is 0 Å². The van der Waals surface area contributed by atoms with Gasteiger partial charge >= 0.3 is 0 Å². The Kier molecular flexibility index (Phi) is 14.9. The maximum absolute atomic E-state index is 5.09. The summed E-state index contributed by atoms with van der Waals surface area (Å²) in [6, 6.07) is 0. The van der Waals surface area contributed by atoms with E-state index in [1.54, 1.807) is 0 Å². The van der Waals surface area contributed by atoms with Crippen LogP contribution in [0.5, 0.6) is 0 Å². The van der Waals surface area contributed by atoms with Gasteiger partial charge in [0.2, 0.25) is 0 Å². The molecule has 1 N–H and O–H groups in total. The van der Waals surface area contributed by atoms with Gasteiger partial charge in [-0.1, -0.05) is 59.3 Å². The van der Waals surface area contributed by atoms with E-state index in [-0.39, 0.29) is 0 Å². The van der Waals surface area contributed by atoms with Crippen LogP contribution in [0.2, 0.25) is 0 Å². The fourth-order valence-corrected chi connectivity index (χ4v) is 1.76. The molecule has 1 aliphatic rings. The monoisotopic (exact) mass is 257 g/mol. The second-order valence-electron chi connectivity index (χ2n) is 5.26. The van der Waals surface area contributed by atoms with Gasteiger partial charge in [0, 0.05) is 0 Å². The molecule has 2 nitrogen and oxygen atoms in total. The van der Waals surface area contributed by atoms with E-state index in [1.165, 1.54) is 70.9 Å². The van der Waals surface area contributed by atoms with Gasteiger partial charge in [0.15, 0.2) is 0 Å². The molecule has 0 amide bonds. The van der Waals surface area contributed by atoms with Crippen molar-refractivity contribution in [2.24, 2.45) is 0 Å². The molecular weight excluding hydrogens is 222 g/mol. The van der Waals surface area contributed by atoms with Gasteiger partial charge < -0.3 is 10.1 Å². The third-order valence-corrected chi connectivity index (χ3v) is 3.20. The number of ether oxygens (including phenoxy) is 1. The first kappa shape index (κ1) is 17.9. The van der Waals surface area contributed by atoms with Crippen molar-refractivity contribution in [3.05, 3.63) is 0 Å². The van der Waals surface area contributed by atoms with Crippen molar-refractivity contribution in [1.82, 2.24) is 5.32 Å². The molecule has 110 valence electrons. The van der Waals surface area contributed by atoms with Gasteiger partial charge in [-0.2, -0.15) is 0 Å². The second-order valence-corrected chi connectivity index (χ2v) is 5.26.